The Morgan fingerprint density at radius 1 is 0.716 bits per heavy atom. The van der Waals surface area contributed by atoms with Crippen LogP contribution in [0.4, 0.5) is 5.69 Å². The van der Waals surface area contributed by atoms with Gasteiger partial charge in [-0.05, 0) is 97.6 Å². The fourth-order valence-electron chi connectivity index (χ4n) is 10.6. The summed E-state index contributed by atoms with van der Waals surface area (Å²) in [4.78, 5) is 130. The Balaban J connectivity index is 1.01. The molecule has 24 heteroatoms. The van der Waals surface area contributed by atoms with Crippen molar-refractivity contribution in [1.82, 2.24) is 51.7 Å². The number of aromatic nitrogens is 3. The van der Waals surface area contributed by atoms with Gasteiger partial charge in [-0.1, -0.05) is 86.5 Å². The van der Waals surface area contributed by atoms with E-state index in [4.69, 9.17) is 16.1 Å². The Morgan fingerprint density at radius 2 is 1.37 bits per heavy atom. The van der Waals surface area contributed by atoms with E-state index in [0.29, 0.717) is 55.2 Å². The maximum absolute atomic E-state index is 15.0. The molecule has 4 heterocycles. The highest BCUT2D eigenvalue weighted by Crippen LogP contribution is 2.31. The third kappa shape index (κ3) is 14.0. The van der Waals surface area contributed by atoms with E-state index in [1.54, 1.807) is 60.8 Å². The minimum absolute atomic E-state index is 0.00828. The lowest BCUT2D eigenvalue weighted by atomic mass is 9.97. The molecular weight excluding hydrogens is 1040 g/mol. The number of nitro groups is 1. The fourth-order valence-corrected chi connectivity index (χ4v) is 10.6. The molecule has 2 aliphatic heterocycles. The maximum Gasteiger partial charge on any atom is 0.300 e. The van der Waals surface area contributed by atoms with Gasteiger partial charge in [-0.3, -0.25) is 48.5 Å². The molecule has 0 bridgehead atoms. The Labute approximate surface area is 466 Å². The summed E-state index contributed by atoms with van der Waals surface area (Å²) in [5.74, 6) is -5.02. The standard InChI is InChI=1S/C57H67N13O11/c1-3-4-20-41(50(59)71)62-55(76)46-22-13-28-68(46)57(78)47-23-14-29-69(47)56(77)44(30-34-15-7-5-8-16-34)65-54(75)43(31-36-32-60-40-21-12-11-19-37(36)40)64-51(72)33(2)61-53(74)42(63-52(73)35-17-9-6-10-18-35)26-25-39(58)38-24-27-45(70(79)80)49-48(38)66-81-67-49/h5-12,15-19,21,24,27,32-33,39,41-44,46-47,60H,3-4,13-14,20,22-23,25-26,28-31,58H2,1-2H3,(H2,59,71)(H,61,74)(H,62,76)(H,63,73)(H,64,72)(H,65,75)/t33-,39?,41-,42-,43-,44-,46-,47-/m0/s1. The molecular formula is C57H67N13O11. The van der Waals surface area contributed by atoms with Crippen molar-refractivity contribution in [2.75, 3.05) is 13.1 Å². The largest absolute Gasteiger partial charge is 0.368 e. The van der Waals surface area contributed by atoms with Gasteiger partial charge in [0.15, 0.2) is 0 Å². The Morgan fingerprint density at radius 3 is 2.09 bits per heavy atom. The molecule has 8 atom stereocenters. The highest BCUT2D eigenvalue weighted by atomic mass is 16.6. The minimum Gasteiger partial charge on any atom is -0.368 e. The predicted octanol–water partition coefficient (Wildman–Crippen LogP) is 3.29. The number of aromatic amines is 1. The van der Waals surface area contributed by atoms with E-state index >= 15 is 4.79 Å². The summed E-state index contributed by atoms with van der Waals surface area (Å²) >= 11 is 0. The number of nitrogens with one attached hydrogen (secondary N) is 6. The second-order valence-electron chi connectivity index (χ2n) is 20.6. The smallest absolute Gasteiger partial charge is 0.300 e. The van der Waals surface area contributed by atoms with Gasteiger partial charge in [-0.2, -0.15) is 0 Å². The van der Waals surface area contributed by atoms with Crippen LogP contribution in [0.1, 0.15) is 105 Å². The normalized spacial score (nSPS) is 17.3. The second-order valence-corrected chi connectivity index (χ2v) is 20.6. The molecule has 1 unspecified atom stereocenters. The number of primary amides is 1. The van der Waals surface area contributed by atoms with Crippen molar-refractivity contribution in [3.8, 4) is 0 Å². The van der Waals surface area contributed by atoms with Crippen LogP contribution in [-0.4, -0.2) is 133 Å². The van der Waals surface area contributed by atoms with Crippen LogP contribution in [0.15, 0.2) is 108 Å². The number of amides is 8. The van der Waals surface area contributed by atoms with Gasteiger partial charge in [0.05, 0.1) is 4.92 Å². The molecule has 6 aromatic rings. The number of unbranched alkanes of at least 4 members (excludes halogenated alkanes) is 1. The summed E-state index contributed by atoms with van der Waals surface area (Å²) in [7, 11) is 0. The molecule has 8 rings (SSSR count). The van der Waals surface area contributed by atoms with Crippen LogP contribution >= 0.6 is 0 Å². The van der Waals surface area contributed by atoms with Crippen molar-refractivity contribution >= 4 is 74.9 Å². The average molecular weight is 1110 g/mol. The van der Waals surface area contributed by atoms with Crippen molar-refractivity contribution in [1.29, 1.82) is 0 Å². The lowest BCUT2D eigenvalue weighted by molar-refractivity contribution is -0.383. The number of hydrogen-bond donors (Lipinski definition) is 8. The predicted molar refractivity (Wildman–Crippen MR) is 296 cm³/mol. The second kappa shape index (κ2) is 26.7. The fraction of sp³-hybridized carbons (Fsp3) is 0.404. The summed E-state index contributed by atoms with van der Waals surface area (Å²) in [6.07, 6.45) is 5.06. The molecule has 0 saturated carbocycles. The highest BCUT2D eigenvalue weighted by molar-refractivity contribution is 6.00. The number of non-ortho nitro benzene ring substituents is 1. The molecule has 10 N–H and O–H groups in total. The van der Waals surface area contributed by atoms with Gasteiger partial charge in [0.25, 0.3) is 5.91 Å². The van der Waals surface area contributed by atoms with Crippen LogP contribution in [0.5, 0.6) is 0 Å². The number of rotatable bonds is 25. The number of fused-ring (bicyclic) bond motifs is 2. The zero-order chi connectivity index (χ0) is 57.7. The van der Waals surface area contributed by atoms with Gasteiger partial charge in [-0.15, -0.1) is 0 Å². The molecule has 4 aromatic carbocycles. The summed E-state index contributed by atoms with van der Waals surface area (Å²) in [5, 5.41) is 33.8. The molecule has 2 aromatic heterocycles. The molecule has 0 aliphatic carbocycles. The number of likely N-dealkylation sites (tertiary alicyclic amines) is 2. The maximum atomic E-state index is 15.0. The third-order valence-electron chi connectivity index (χ3n) is 15.0. The van der Waals surface area contributed by atoms with Crippen LogP contribution in [0, 0.1) is 10.1 Å². The lowest BCUT2D eigenvalue weighted by Gasteiger charge is -2.33. The first-order valence-corrected chi connectivity index (χ1v) is 27.2. The number of H-pyrrole nitrogens is 1. The van der Waals surface area contributed by atoms with Crippen molar-refractivity contribution in [3.05, 3.63) is 136 Å². The molecule has 426 valence electrons. The number of para-hydroxylation sites is 1. The van der Waals surface area contributed by atoms with Gasteiger partial charge < -0.3 is 52.8 Å². The zero-order valence-corrected chi connectivity index (χ0v) is 45.0. The van der Waals surface area contributed by atoms with E-state index in [0.717, 1.165) is 17.3 Å². The average Bonchev–Trinajstić information content (AvgIpc) is 4.39. The van der Waals surface area contributed by atoms with Gasteiger partial charge in [-0.25, -0.2) is 4.63 Å². The summed E-state index contributed by atoms with van der Waals surface area (Å²) in [5.41, 5.74) is 14.5. The van der Waals surface area contributed by atoms with Gasteiger partial charge in [0.1, 0.15) is 47.8 Å². The minimum atomic E-state index is -1.35. The molecule has 0 radical (unpaired) electrons. The molecule has 8 amide bonds. The number of hydrogen-bond acceptors (Lipinski definition) is 14. The number of carbonyl (C=O) groups excluding carboxylic acids is 8. The summed E-state index contributed by atoms with van der Waals surface area (Å²) in [6, 6.07) is 18.3. The Bertz CT molecular complexity index is 3260. The van der Waals surface area contributed by atoms with Crippen molar-refractivity contribution < 1.29 is 47.9 Å². The number of benzene rings is 4. The Hall–Kier alpha value is -9.06. The molecule has 81 heavy (non-hydrogen) atoms. The van der Waals surface area contributed by atoms with Crippen molar-refractivity contribution in [2.24, 2.45) is 11.5 Å². The first-order valence-electron chi connectivity index (χ1n) is 27.2. The molecule has 2 aliphatic rings. The lowest BCUT2D eigenvalue weighted by Crippen LogP contribution is -2.60. The molecule has 2 fully saturated rings. The van der Waals surface area contributed by atoms with Crippen LogP contribution < -0.4 is 38.1 Å². The number of carbonyl (C=O) groups is 8. The van der Waals surface area contributed by atoms with Crippen molar-refractivity contribution in [3.63, 3.8) is 0 Å². The summed E-state index contributed by atoms with van der Waals surface area (Å²) in [6.45, 7) is 3.81. The SMILES string of the molecule is CCCC[C@H](NC(=O)[C@@H]1CCCN1C(=O)[C@@H]1CCCN1C(=O)[C@H](Cc1ccccc1)NC(=O)[C@H](Cc1c[nH]c2ccccc12)NC(=O)[C@H](C)NC(=O)[C@H](CCC(N)c1ccc([N+](=O)[O-])c2nonc12)NC(=O)c1ccccc1)C(N)=O. The third-order valence-corrected chi connectivity index (χ3v) is 15.0. The first kappa shape index (κ1) is 58.1. The Kier molecular flexibility index (Phi) is 19.2. The van der Waals surface area contributed by atoms with E-state index < -0.39 is 101 Å². The van der Waals surface area contributed by atoms with Gasteiger partial charge >= 0.3 is 5.69 Å². The molecule has 0 spiro atoms. The van der Waals surface area contributed by atoms with Gasteiger partial charge in [0, 0.05) is 66.3 Å². The van der Waals surface area contributed by atoms with E-state index in [9.17, 15) is 43.7 Å². The van der Waals surface area contributed by atoms with E-state index in [1.165, 1.54) is 28.9 Å². The van der Waals surface area contributed by atoms with Gasteiger partial charge in [0.2, 0.25) is 46.9 Å². The van der Waals surface area contributed by atoms with E-state index in [-0.39, 0.29) is 61.1 Å². The van der Waals surface area contributed by atoms with E-state index in [1.807, 2.05) is 37.3 Å². The quantitative estimate of drug-likeness (QED) is 0.0301. The summed E-state index contributed by atoms with van der Waals surface area (Å²) < 4.78 is 4.80. The zero-order valence-electron chi connectivity index (χ0n) is 45.0. The van der Waals surface area contributed by atoms with Crippen LogP contribution in [-0.2, 0) is 46.4 Å². The number of nitrogens with zero attached hydrogens (tertiary/aromatic N) is 5. The first-order chi connectivity index (χ1) is 39.0. The van der Waals surface area contributed by atoms with Crippen LogP contribution in [0.25, 0.3) is 21.9 Å². The van der Waals surface area contributed by atoms with Crippen molar-refractivity contribution in [2.45, 2.75) is 133 Å². The number of nitrogens with two attached hydrogens (primary N) is 2. The number of nitro benzene ring substituents is 1. The highest BCUT2D eigenvalue weighted by Gasteiger charge is 2.44. The molecule has 24 nitrogen and oxygen atoms in total. The van der Waals surface area contributed by atoms with Crippen LogP contribution in [0.2, 0.25) is 0 Å². The van der Waals surface area contributed by atoms with Crippen LogP contribution in [0.3, 0.4) is 0 Å². The topological polar surface area (TPSA) is 353 Å². The monoisotopic (exact) mass is 1110 g/mol. The van der Waals surface area contributed by atoms with E-state index in [2.05, 4.69) is 41.9 Å². The molecule has 2 saturated heterocycles.